The van der Waals surface area contributed by atoms with Crippen molar-refractivity contribution in [1.82, 2.24) is 5.32 Å². The number of carbonyl (C=O) groups is 2. The summed E-state index contributed by atoms with van der Waals surface area (Å²) in [6.45, 7) is 0. The molecule has 0 aromatic heterocycles. The first kappa shape index (κ1) is 17.0. The van der Waals surface area contributed by atoms with Gasteiger partial charge >= 0.3 is 5.97 Å². The van der Waals surface area contributed by atoms with Gasteiger partial charge < -0.3 is 10.4 Å². The maximum Gasteiger partial charge on any atom is 0.327 e. The lowest BCUT2D eigenvalue weighted by Crippen LogP contribution is -2.44. The first-order valence-corrected chi connectivity index (χ1v) is 8.53. The number of hydrogen-bond donors (Lipinski definition) is 2. The number of fused-ring (bicyclic) bond motifs is 3. The number of amides is 1. The molecule has 1 amide bonds. The molecule has 5 heteroatoms. The first-order chi connectivity index (χ1) is 13.1. The molecule has 2 N–H and O–H groups in total. The molecule has 0 fully saturated rings. The molecule has 1 aliphatic rings. The lowest BCUT2D eigenvalue weighted by atomic mass is 9.89. The number of halogens is 1. The van der Waals surface area contributed by atoms with Crippen LogP contribution in [0.15, 0.2) is 72.8 Å². The SMILES string of the molecule is O=C(N[C@H](C(=O)O)C1c2ccccc2-c2ccccc21)c1cccc(F)c1. The number of carboxylic acid groups (broad SMARTS) is 1. The number of rotatable bonds is 4. The molecule has 27 heavy (non-hydrogen) atoms. The predicted octanol–water partition coefficient (Wildman–Crippen LogP) is 3.82. The molecule has 1 atom stereocenters. The van der Waals surface area contributed by atoms with Crippen LogP contribution < -0.4 is 5.32 Å². The minimum Gasteiger partial charge on any atom is -0.480 e. The van der Waals surface area contributed by atoms with Crippen LogP contribution in [-0.4, -0.2) is 23.0 Å². The van der Waals surface area contributed by atoms with Gasteiger partial charge in [0.1, 0.15) is 11.9 Å². The Labute approximate surface area is 155 Å². The maximum absolute atomic E-state index is 13.4. The van der Waals surface area contributed by atoms with E-state index in [-0.39, 0.29) is 5.56 Å². The second-order valence-corrected chi connectivity index (χ2v) is 6.45. The van der Waals surface area contributed by atoms with Crippen molar-refractivity contribution in [3.8, 4) is 11.1 Å². The van der Waals surface area contributed by atoms with Gasteiger partial charge in [-0.2, -0.15) is 0 Å². The fourth-order valence-electron chi connectivity index (χ4n) is 3.70. The predicted molar refractivity (Wildman–Crippen MR) is 99.0 cm³/mol. The third kappa shape index (κ3) is 2.97. The largest absolute Gasteiger partial charge is 0.480 e. The molecule has 4 nitrogen and oxygen atoms in total. The molecule has 0 aliphatic heterocycles. The zero-order valence-electron chi connectivity index (χ0n) is 14.2. The van der Waals surface area contributed by atoms with Crippen LogP contribution in [0.25, 0.3) is 11.1 Å². The molecule has 1 aliphatic carbocycles. The molecule has 3 aromatic carbocycles. The summed E-state index contributed by atoms with van der Waals surface area (Å²) in [7, 11) is 0. The summed E-state index contributed by atoms with van der Waals surface area (Å²) in [5.74, 6) is -2.83. The Morgan fingerprint density at radius 2 is 1.48 bits per heavy atom. The van der Waals surface area contributed by atoms with E-state index in [1.807, 2.05) is 48.5 Å². The van der Waals surface area contributed by atoms with Gasteiger partial charge in [0.2, 0.25) is 0 Å². The van der Waals surface area contributed by atoms with Gasteiger partial charge in [0, 0.05) is 11.5 Å². The van der Waals surface area contributed by atoms with Crippen molar-refractivity contribution in [3.05, 3.63) is 95.3 Å². The summed E-state index contributed by atoms with van der Waals surface area (Å²) in [5, 5.41) is 12.4. The molecule has 0 saturated carbocycles. The van der Waals surface area contributed by atoms with E-state index in [1.54, 1.807) is 0 Å². The van der Waals surface area contributed by atoms with Gasteiger partial charge in [-0.25, -0.2) is 9.18 Å². The van der Waals surface area contributed by atoms with E-state index in [0.717, 1.165) is 28.3 Å². The lowest BCUT2D eigenvalue weighted by Gasteiger charge is -2.23. The Hall–Kier alpha value is -3.47. The zero-order valence-corrected chi connectivity index (χ0v) is 14.2. The highest BCUT2D eigenvalue weighted by molar-refractivity contribution is 5.97. The fourth-order valence-corrected chi connectivity index (χ4v) is 3.70. The van der Waals surface area contributed by atoms with E-state index < -0.39 is 29.7 Å². The smallest absolute Gasteiger partial charge is 0.327 e. The van der Waals surface area contributed by atoms with Crippen molar-refractivity contribution in [1.29, 1.82) is 0 Å². The standard InChI is InChI=1S/C22H16FNO3/c23-14-7-5-6-13(12-14)21(25)24-20(22(26)27)19-17-10-3-1-8-15(17)16-9-2-4-11-18(16)19/h1-12,19-20H,(H,24,25)(H,26,27)/t20-/m0/s1. The van der Waals surface area contributed by atoms with Crippen LogP contribution >= 0.6 is 0 Å². The summed E-state index contributed by atoms with van der Waals surface area (Å²) in [6.07, 6.45) is 0. The van der Waals surface area contributed by atoms with Crippen molar-refractivity contribution in [2.75, 3.05) is 0 Å². The molecule has 3 aromatic rings. The van der Waals surface area contributed by atoms with Crippen LogP contribution in [0.1, 0.15) is 27.4 Å². The summed E-state index contributed by atoms with van der Waals surface area (Å²) >= 11 is 0. The van der Waals surface area contributed by atoms with Crippen molar-refractivity contribution in [2.45, 2.75) is 12.0 Å². The number of carboxylic acids is 1. The second-order valence-electron chi connectivity index (χ2n) is 6.45. The Balaban J connectivity index is 1.75. The average Bonchev–Trinajstić information content (AvgIpc) is 3.00. The molecule has 134 valence electrons. The highest BCUT2D eigenvalue weighted by atomic mass is 19.1. The second kappa shape index (κ2) is 6.68. The van der Waals surface area contributed by atoms with Gasteiger partial charge in [-0.1, -0.05) is 54.6 Å². The molecule has 0 spiro atoms. The summed E-state index contributed by atoms with van der Waals surface area (Å²) < 4.78 is 13.4. The lowest BCUT2D eigenvalue weighted by molar-refractivity contribution is -0.139. The normalized spacial score (nSPS) is 13.5. The van der Waals surface area contributed by atoms with Crippen molar-refractivity contribution in [3.63, 3.8) is 0 Å². The van der Waals surface area contributed by atoms with Gasteiger partial charge in [-0.15, -0.1) is 0 Å². The average molecular weight is 361 g/mol. The minimum atomic E-state index is -1.18. The van der Waals surface area contributed by atoms with Crippen molar-refractivity contribution < 1.29 is 19.1 Å². The van der Waals surface area contributed by atoms with Crippen LogP contribution in [0, 0.1) is 5.82 Å². The summed E-state index contributed by atoms with van der Waals surface area (Å²) in [4.78, 5) is 24.6. The third-order valence-electron chi connectivity index (χ3n) is 4.85. The summed E-state index contributed by atoms with van der Waals surface area (Å²) in [6, 6.07) is 19.2. The van der Waals surface area contributed by atoms with Crippen LogP contribution in [0.4, 0.5) is 4.39 Å². The van der Waals surface area contributed by atoms with E-state index in [1.165, 1.54) is 18.2 Å². The number of hydrogen-bond acceptors (Lipinski definition) is 2. The molecule has 0 radical (unpaired) electrons. The van der Waals surface area contributed by atoms with Crippen LogP contribution in [0.3, 0.4) is 0 Å². The quantitative estimate of drug-likeness (QED) is 0.742. The van der Waals surface area contributed by atoms with E-state index in [2.05, 4.69) is 5.32 Å². The Morgan fingerprint density at radius 1 is 0.889 bits per heavy atom. The van der Waals surface area contributed by atoms with Crippen LogP contribution in [0.2, 0.25) is 0 Å². The van der Waals surface area contributed by atoms with Gasteiger partial charge in [0.15, 0.2) is 0 Å². The van der Waals surface area contributed by atoms with Crippen molar-refractivity contribution in [2.24, 2.45) is 0 Å². The fraction of sp³-hybridized carbons (Fsp3) is 0.0909. The topological polar surface area (TPSA) is 66.4 Å². The number of carbonyl (C=O) groups excluding carboxylic acids is 1. The van der Waals surface area contributed by atoms with E-state index >= 15 is 0 Å². The maximum atomic E-state index is 13.4. The Morgan fingerprint density at radius 3 is 2.04 bits per heavy atom. The molecular weight excluding hydrogens is 345 g/mol. The van der Waals surface area contributed by atoms with Gasteiger partial charge in [0.05, 0.1) is 0 Å². The van der Waals surface area contributed by atoms with E-state index in [0.29, 0.717) is 0 Å². The highest BCUT2D eigenvalue weighted by Gasteiger charge is 2.38. The first-order valence-electron chi connectivity index (χ1n) is 8.53. The molecule has 0 unspecified atom stereocenters. The summed E-state index contributed by atoms with van der Waals surface area (Å²) in [5.41, 5.74) is 3.71. The molecule has 0 heterocycles. The zero-order chi connectivity index (χ0) is 19.0. The molecule has 4 rings (SSSR count). The third-order valence-corrected chi connectivity index (χ3v) is 4.85. The van der Waals surface area contributed by atoms with Gasteiger partial charge in [-0.3, -0.25) is 4.79 Å². The number of nitrogens with one attached hydrogen (secondary N) is 1. The molecule has 0 saturated heterocycles. The Bertz CT molecular complexity index is 1000. The van der Waals surface area contributed by atoms with Crippen LogP contribution in [-0.2, 0) is 4.79 Å². The highest BCUT2D eigenvalue weighted by Crippen LogP contribution is 2.46. The molecule has 0 bridgehead atoms. The minimum absolute atomic E-state index is 0.0841. The van der Waals surface area contributed by atoms with E-state index in [4.69, 9.17) is 0 Å². The number of aliphatic carboxylic acids is 1. The molecular formula is C22H16FNO3. The monoisotopic (exact) mass is 361 g/mol. The number of benzene rings is 3. The van der Waals surface area contributed by atoms with Gasteiger partial charge in [0.25, 0.3) is 5.91 Å². The van der Waals surface area contributed by atoms with E-state index in [9.17, 15) is 19.1 Å². The van der Waals surface area contributed by atoms with Crippen molar-refractivity contribution >= 4 is 11.9 Å². The van der Waals surface area contributed by atoms with Crippen LogP contribution in [0.5, 0.6) is 0 Å². The Kier molecular flexibility index (Phi) is 4.20. The van der Waals surface area contributed by atoms with Gasteiger partial charge in [-0.05, 0) is 40.5 Å².